The van der Waals surface area contributed by atoms with Crippen LogP contribution in [-0.4, -0.2) is 4.98 Å². The summed E-state index contributed by atoms with van der Waals surface area (Å²) in [5.74, 6) is 0.879. The molecule has 0 radical (unpaired) electrons. The average molecular weight is 255 g/mol. The van der Waals surface area contributed by atoms with Crippen molar-refractivity contribution in [3.8, 4) is 5.75 Å². The summed E-state index contributed by atoms with van der Waals surface area (Å²) in [5, 5.41) is 1.01. The maximum Gasteiger partial charge on any atom is 0.147 e. The van der Waals surface area contributed by atoms with Gasteiger partial charge in [0.2, 0.25) is 0 Å². The fourth-order valence-corrected chi connectivity index (χ4v) is 2.77. The molecule has 3 rings (SSSR count). The minimum absolute atomic E-state index is 0.0233. The highest BCUT2D eigenvalue weighted by molar-refractivity contribution is 7.18. The van der Waals surface area contributed by atoms with E-state index in [4.69, 9.17) is 4.74 Å². The van der Waals surface area contributed by atoms with Gasteiger partial charge in [0.15, 0.2) is 0 Å². The van der Waals surface area contributed by atoms with Crippen LogP contribution in [0.15, 0.2) is 54.6 Å². The third kappa shape index (κ3) is 2.22. The van der Waals surface area contributed by atoms with Crippen molar-refractivity contribution >= 4 is 21.6 Å². The molecule has 18 heavy (non-hydrogen) atoms. The predicted molar refractivity (Wildman–Crippen MR) is 75.1 cm³/mol. The van der Waals surface area contributed by atoms with Crippen LogP contribution in [0.25, 0.3) is 10.2 Å². The molecule has 0 aliphatic rings. The van der Waals surface area contributed by atoms with Crippen molar-refractivity contribution in [2.45, 2.75) is 13.0 Å². The van der Waals surface area contributed by atoms with E-state index in [1.54, 1.807) is 11.3 Å². The van der Waals surface area contributed by atoms with E-state index in [0.29, 0.717) is 0 Å². The summed E-state index contributed by atoms with van der Waals surface area (Å²) in [7, 11) is 0. The van der Waals surface area contributed by atoms with Crippen molar-refractivity contribution < 1.29 is 4.74 Å². The van der Waals surface area contributed by atoms with E-state index in [1.807, 2.05) is 55.5 Å². The molecule has 0 fully saturated rings. The fraction of sp³-hybridized carbons (Fsp3) is 0.133. The number of nitrogens with zero attached hydrogens (tertiary/aromatic N) is 1. The molecule has 2 aromatic carbocycles. The van der Waals surface area contributed by atoms with Gasteiger partial charge in [-0.25, -0.2) is 4.98 Å². The van der Waals surface area contributed by atoms with Gasteiger partial charge in [-0.15, -0.1) is 11.3 Å². The van der Waals surface area contributed by atoms with E-state index in [0.717, 1.165) is 16.3 Å². The standard InChI is InChI=1S/C15H13NOS/c1-11(17-12-7-3-2-4-8-12)15-16-13-9-5-6-10-14(13)18-15/h2-11H,1H3. The summed E-state index contributed by atoms with van der Waals surface area (Å²) in [4.78, 5) is 4.60. The number of aromatic nitrogens is 1. The Kier molecular flexibility index (Phi) is 2.99. The molecule has 0 N–H and O–H groups in total. The van der Waals surface area contributed by atoms with Gasteiger partial charge in [0.1, 0.15) is 16.9 Å². The number of benzene rings is 2. The summed E-state index contributed by atoms with van der Waals surface area (Å²) in [6, 6.07) is 18.0. The van der Waals surface area contributed by atoms with Gasteiger partial charge in [-0.2, -0.15) is 0 Å². The lowest BCUT2D eigenvalue weighted by molar-refractivity contribution is 0.226. The van der Waals surface area contributed by atoms with Crippen molar-refractivity contribution in [3.05, 3.63) is 59.6 Å². The van der Waals surface area contributed by atoms with Gasteiger partial charge in [-0.05, 0) is 31.2 Å². The first-order valence-corrected chi connectivity index (χ1v) is 6.72. The summed E-state index contributed by atoms with van der Waals surface area (Å²) < 4.78 is 7.08. The van der Waals surface area contributed by atoms with Crippen molar-refractivity contribution in [2.24, 2.45) is 0 Å². The van der Waals surface area contributed by atoms with Gasteiger partial charge >= 0.3 is 0 Å². The molecule has 0 spiro atoms. The maximum absolute atomic E-state index is 5.88. The first-order chi connectivity index (χ1) is 8.83. The molecule has 1 aromatic heterocycles. The molecule has 0 aliphatic carbocycles. The SMILES string of the molecule is CC(Oc1ccccc1)c1nc2ccccc2s1. The Labute approximate surface area is 110 Å². The average Bonchev–Trinajstić information content (AvgIpc) is 2.84. The molecule has 0 saturated heterocycles. The molecule has 0 saturated carbocycles. The van der Waals surface area contributed by atoms with Crippen LogP contribution in [-0.2, 0) is 0 Å². The minimum Gasteiger partial charge on any atom is -0.484 e. The second kappa shape index (κ2) is 4.78. The van der Waals surface area contributed by atoms with Gasteiger partial charge in [0.25, 0.3) is 0 Å². The Morgan fingerprint density at radius 3 is 2.50 bits per heavy atom. The summed E-state index contributed by atoms with van der Waals surface area (Å²) >= 11 is 1.69. The normalized spacial score (nSPS) is 12.5. The summed E-state index contributed by atoms with van der Waals surface area (Å²) in [6.07, 6.45) is -0.0233. The Morgan fingerprint density at radius 1 is 1.00 bits per heavy atom. The second-order valence-corrected chi connectivity index (χ2v) is 5.16. The van der Waals surface area contributed by atoms with Crippen LogP contribution in [0.3, 0.4) is 0 Å². The number of ether oxygens (including phenoxy) is 1. The van der Waals surface area contributed by atoms with Crippen molar-refractivity contribution in [1.29, 1.82) is 0 Å². The highest BCUT2D eigenvalue weighted by Gasteiger charge is 2.12. The fourth-order valence-electron chi connectivity index (χ4n) is 1.82. The first-order valence-electron chi connectivity index (χ1n) is 5.90. The first kappa shape index (κ1) is 11.2. The third-order valence-electron chi connectivity index (χ3n) is 2.71. The second-order valence-electron chi connectivity index (χ2n) is 4.09. The largest absolute Gasteiger partial charge is 0.484 e. The molecular weight excluding hydrogens is 242 g/mol. The van der Waals surface area contributed by atoms with Crippen LogP contribution in [0.1, 0.15) is 18.0 Å². The van der Waals surface area contributed by atoms with Crippen molar-refractivity contribution in [3.63, 3.8) is 0 Å². The molecule has 0 bridgehead atoms. The molecular formula is C15H13NOS. The highest BCUT2D eigenvalue weighted by Crippen LogP contribution is 2.28. The highest BCUT2D eigenvalue weighted by atomic mass is 32.1. The quantitative estimate of drug-likeness (QED) is 0.690. The number of fused-ring (bicyclic) bond motifs is 1. The van der Waals surface area contributed by atoms with Crippen LogP contribution in [0.2, 0.25) is 0 Å². The Balaban J connectivity index is 1.86. The van der Waals surface area contributed by atoms with E-state index in [2.05, 4.69) is 11.1 Å². The van der Waals surface area contributed by atoms with Gasteiger partial charge in [0.05, 0.1) is 10.2 Å². The van der Waals surface area contributed by atoms with Crippen LogP contribution < -0.4 is 4.74 Å². The Hall–Kier alpha value is -1.87. The van der Waals surface area contributed by atoms with E-state index in [9.17, 15) is 0 Å². The Bertz CT molecular complexity index is 615. The van der Waals surface area contributed by atoms with Gasteiger partial charge in [-0.1, -0.05) is 30.3 Å². The van der Waals surface area contributed by atoms with E-state index in [-0.39, 0.29) is 6.10 Å². The minimum atomic E-state index is -0.0233. The zero-order valence-corrected chi connectivity index (χ0v) is 10.9. The number of rotatable bonds is 3. The number of thiazole rings is 1. The molecule has 0 amide bonds. The molecule has 1 heterocycles. The van der Waals surface area contributed by atoms with Crippen LogP contribution >= 0.6 is 11.3 Å². The van der Waals surface area contributed by atoms with Gasteiger partial charge in [-0.3, -0.25) is 0 Å². The third-order valence-corrected chi connectivity index (χ3v) is 3.91. The molecule has 2 nitrogen and oxygen atoms in total. The number of hydrogen-bond acceptors (Lipinski definition) is 3. The van der Waals surface area contributed by atoms with Crippen LogP contribution in [0, 0.1) is 0 Å². The van der Waals surface area contributed by atoms with E-state index >= 15 is 0 Å². The topological polar surface area (TPSA) is 22.1 Å². The molecule has 0 aliphatic heterocycles. The molecule has 1 atom stereocenters. The maximum atomic E-state index is 5.88. The van der Waals surface area contributed by atoms with Gasteiger partial charge in [0, 0.05) is 0 Å². The van der Waals surface area contributed by atoms with Crippen LogP contribution in [0.5, 0.6) is 5.75 Å². The zero-order chi connectivity index (χ0) is 12.4. The summed E-state index contributed by atoms with van der Waals surface area (Å²) in [6.45, 7) is 2.03. The zero-order valence-electron chi connectivity index (χ0n) is 10.0. The number of para-hydroxylation sites is 2. The predicted octanol–water partition coefficient (Wildman–Crippen LogP) is 4.44. The van der Waals surface area contributed by atoms with E-state index < -0.39 is 0 Å². The number of hydrogen-bond donors (Lipinski definition) is 0. The molecule has 3 aromatic rings. The van der Waals surface area contributed by atoms with Gasteiger partial charge < -0.3 is 4.74 Å². The molecule has 90 valence electrons. The molecule has 3 heteroatoms. The van der Waals surface area contributed by atoms with Crippen LogP contribution in [0.4, 0.5) is 0 Å². The van der Waals surface area contributed by atoms with Crippen molar-refractivity contribution in [2.75, 3.05) is 0 Å². The smallest absolute Gasteiger partial charge is 0.147 e. The lowest BCUT2D eigenvalue weighted by Crippen LogP contribution is -2.02. The summed E-state index contributed by atoms with van der Waals surface area (Å²) in [5.41, 5.74) is 1.04. The van der Waals surface area contributed by atoms with E-state index in [1.165, 1.54) is 4.70 Å². The Morgan fingerprint density at radius 2 is 1.72 bits per heavy atom. The van der Waals surface area contributed by atoms with Crippen molar-refractivity contribution in [1.82, 2.24) is 4.98 Å². The molecule has 1 unspecified atom stereocenters. The lowest BCUT2D eigenvalue weighted by atomic mass is 10.3. The monoisotopic (exact) mass is 255 g/mol. The lowest BCUT2D eigenvalue weighted by Gasteiger charge is -2.11.